The van der Waals surface area contributed by atoms with Crippen LogP contribution in [0.4, 0.5) is 0 Å². The predicted octanol–water partition coefficient (Wildman–Crippen LogP) is 4.28. The van der Waals surface area contributed by atoms with Crippen LogP contribution in [0.2, 0.25) is 0 Å². The highest BCUT2D eigenvalue weighted by Crippen LogP contribution is 2.35. The number of nitrogens with zero attached hydrogens (tertiary/aromatic N) is 6. The fourth-order valence-corrected chi connectivity index (χ4v) is 3.33. The summed E-state index contributed by atoms with van der Waals surface area (Å²) in [5.41, 5.74) is 0.872. The number of hydrogen-bond donors (Lipinski definition) is 0. The smallest absolute Gasteiger partial charge is 0.239 e. The summed E-state index contributed by atoms with van der Waals surface area (Å²) in [6.07, 6.45) is 4.53. The highest BCUT2D eigenvalue weighted by Gasteiger charge is 2.25. The summed E-state index contributed by atoms with van der Waals surface area (Å²) in [5, 5.41) is 13.7. The monoisotopic (exact) mass is 372 g/mol. The minimum absolute atomic E-state index is 0.0105. The van der Waals surface area contributed by atoms with Crippen molar-refractivity contribution in [2.75, 3.05) is 0 Å². The normalized spacial score (nSPS) is 13.1. The van der Waals surface area contributed by atoms with Gasteiger partial charge in [-0.2, -0.15) is 4.98 Å². The summed E-state index contributed by atoms with van der Waals surface area (Å²) >= 11 is 1.58. The minimum atomic E-state index is -0.136. The van der Waals surface area contributed by atoms with E-state index in [1.165, 1.54) is 0 Å². The molecular formula is C18H24N6OS. The zero-order valence-electron chi connectivity index (χ0n) is 15.8. The van der Waals surface area contributed by atoms with Crippen molar-refractivity contribution in [1.82, 2.24) is 29.9 Å². The predicted molar refractivity (Wildman–Crippen MR) is 101 cm³/mol. The first-order valence-corrected chi connectivity index (χ1v) is 9.62. The molecule has 0 N–H and O–H groups in total. The summed E-state index contributed by atoms with van der Waals surface area (Å²) in [6.45, 7) is 11.2. The lowest BCUT2D eigenvalue weighted by Crippen LogP contribution is -2.13. The van der Waals surface area contributed by atoms with E-state index in [-0.39, 0.29) is 10.7 Å². The largest absolute Gasteiger partial charge is 0.338 e. The van der Waals surface area contributed by atoms with Crippen LogP contribution in [0.5, 0.6) is 0 Å². The molecule has 1 atom stereocenters. The van der Waals surface area contributed by atoms with Crippen LogP contribution >= 0.6 is 11.8 Å². The SMILES string of the molecule is CCCn1c(SC(C)c2nc(C(C)(C)C)no2)nnc1-c1ccncc1. The van der Waals surface area contributed by atoms with Gasteiger partial charge in [-0.25, -0.2) is 0 Å². The van der Waals surface area contributed by atoms with E-state index in [1.807, 2.05) is 19.1 Å². The molecule has 0 fully saturated rings. The highest BCUT2D eigenvalue weighted by atomic mass is 32.2. The average Bonchev–Trinajstić information content (AvgIpc) is 3.24. The van der Waals surface area contributed by atoms with Gasteiger partial charge in [-0.3, -0.25) is 4.98 Å². The molecule has 0 aromatic carbocycles. The lowest BCUT2D eigenvalue weighted by atomic mass is 9.96. The molecule has 3 heterocycles. The number of aromatic nitrogens is 6. The van der Waals surface area contributed by atoms with Crippen molar-refractivity contribution >= 4 is 11.8 Å². The van der Waals surface area contributed by atoms with Gasteiger partial charge in [0, 0.05) is 29.9 Å². The summed E-state index contributed by atoms with van der Waals surface area (Å²) < 4.78 is 7.61. The molecule has 26 heavy (non-hydrogen) atoms. The third-order valence-electron chi connectivity index (χ3n) is 3.85. The topological polar surface area (TPSA) is 82.5 Å². The minimum Gasteiger partial charge on any atom is -0.338 e. The zero-order chi connectivity index (χ0) is 18.7. The third-order valence-corrected chi connectivity index (χ3v) is 4.91. The van der Waals surface area contributed by atoms with Crippen LogP contribution in [0.15, 0.2) is 34.2 Å². The maximum atomic E-state index is 5.47. The lowest BCUT2D eigenvalue weighted by Gasteiger charge is -2.12. The Morgan fingerprint density at radius 2 is 1.92 bits per heavy atom. The molecule has 0 aliphatic heterocycles. The molecule has 3 rings (SSSR count). The Morgan fingerprint density at radius 3 is 2.54 bits per heavy atom. The molecule has 3 aromatic heterocycles. The molecule has 0 saturated carbocycles. The van der Waals surface area contributed by atoms with E-state index >= 15 is 0 Å². The maximum Gasteiger partial charge on any atom is 0.239 e. The van der Waals surface area contributed by atoms with Crippen molar-refractivity contribution in [2.24, 2.45) is 0 Å². The van der Waals surface area contributed by atoms with Gasteiger partial charge in [-0.05, 0) is 25.5 Å². The first kappa shape index (κ1) is 18.6. The molecule has 1 unspecified atom stereocenters. The molecule has 8 heteroatoms. The van der Waals surface area contributed by atoms with Crippen molar-refractivity contribution in [3.05, 3.63) is 36.2 Å². The van der Waals surface area contributed by atoms with Crippen LogP contribution in [-0.2, 0) is 12.0 Å². The molecule has 0 saturated heterocycles. The number of rotatable bonds is 6. The summed E-state index contributed by atoms with van der Waals surface area (Å²) in [6, 6.07) is 3.89. The Balaban J connectivity index is 1.85. The average molecular weight is 372 g/mol. The van der Waals surface area contributed by atoms with Gasteiger partial charge in [0.05, 0.1) is 5.25 Å². The van der Waals surface area contributed by atoms with E-state index < -0.39 is 0 Å². The van der Waals surface area contributed by atoms with Crippen LogP contribution in [0.3, 0.4) is 0 Å². The molecule has 0 radical (unpaired) electrons. The molecule has 0 bridgehead atoms. The Kier molecular flexibility index (Phi) is 5.41. The van der Waals surface area contributed by atoms with Crippen LogP contribution in [0.25, 0.3) is 11.4 Å². The van der Waals surface area contributed by atoms with Gasteiger partial charge in [0.15, 0.2) is 16.8 Å². The quantitative estimate of drug-likeness (QED) is 0.597. The Labute approximate surface area is 157 Å². The third kappa shape index (κ3) is 3.95. The van der Waals surface area contributed by atoms with E-state index in [2.05, 4.69) is 57.6 Å². The van der Waals surface area contributed by atoms with E-state index in [4.69, 9.17) is 4.52 Å². The zero-order valence-corrected chi connectivity index (χ0v) is 16.6. The van der Waals surface area contributed by atoms with Crippen LogP contribution in [0.1, 0.15) is 58.0 Å². The van der Waals surface area contributed by atoms with Crippen molar-refractivity contribution in [1.29, 1.82) is 0 Å². The van der Waals surface area contributed by atoms with Crippen molar-refractivity contribution in [2.45, 2.75) is 63.4 Å². The number of hydrogen-bond acceptors (Lipinski definition) is 7. The molecule has 0 amide bonds. The van der Waals surface area contributed by atoms with E-state index in [0.717, 1.165) is 29.5 Å². The van der Waals surface area contributed by atoms with Gasteiger partial charge in [-0.15, -0.1) is 10.2 Å². The van der Waals surface area contributed by atoms with Crippen molar-refractivity contribution < 1.29 is 4.52 Å². The van der Waals surface area contributed by atoms with Gasteiger partial charge >= 0.3 is 0 Å². The van der Waals surface area contributed by atoms with Crippen LogP contribution in [0, 0.1) is 0 Å². The van der Waals surface area contributed by atoms with Gasteiger partial charge in [-0.1, -0.05) is 44.6 Å². The molecule has 138 valence electrons. The van der Waals surface area contributed by atoms with E-state index in [9.17, 15) is 0 Å². The van der Waals surface area contributed by atoms with Gasteiger partial charge < -0.3 is 9.09 Å². The second kappa shape index (κ2) is 7.57. The Morgan fingerprint density at radius 1 is 1.19 bits per heavy atom. The maximum absolute atomic E-state index is 5.47. The van der Waals surface area contributed by atoms with Crippen LogP contribution in [-0.4, -0.2) is 29.9 Å². The van der Waals surface area contributed by atoms with Crippen molar-refractivity contribution in [3.63, 3.8) is 0 Å². The first-order chi connectivity index (χ1) is 12.4. The molecular weight excluding hydrogens is 348 g/mol. The Hall–Kier alpha value is -2.22. The van der Waals surface area contributed by atoms with Crippen molar-refractivity contribution in [3.8, 4) is 11.4 Å². The summed E-state index contributed by atoms with van der Waals surface area (Å²) in [5.74, 6) is 2.17. The first-order valence-electron chi connectivity index (χ1n) is 8.74. The van der Waals surface area contributed by atoms with Gasteiger partial charge in [0.1, 0.15) is 0 Å². The standard InChI is InChI=1S/C18H24N6OS/c1-6-11-24-14(13-7-9-19-10-8-13)21-22-17(24)26-12(2)15-20-16(23-25-15)18(3,4)5/h7-10,12H,6,11H2,1-5H3. The summed E-state index contributed by atoms with van der Waals surface area (Å²) in [7, 11) is 0. The lowest BCUT2D eigenvalue weighted by molar-refractivity contribution is 0.364. The number of pyridine rings is 1. The van der Waals surface area contributed by atoms with E-state index in [1.54, 1.807) is 24.2 Å². The second-order valence-electron chi connectivity index (χ2n) is 7.16. The fourth-order valence-electron chi connectivity index (χ4n) is 2.43. The molecule has 0 aliphatic rings. The van der Waals surface area contributed by atoms with Gasteiger partial charge in [0.2, 0.25) is 5.89 Å². The fraction of sp³-hybridized carbons (Fsp3) is 0.500. The van der Waals surface area contributed by atoms with E-state index in [0.29, 0.717) is 11.7 Å². The Bertz CT molecular complexity index is 852. The second-order valence-corrected chi connectivity index (χ2v) is 8.47. The summed E-state index contributed by atoms with van der Waals surface area (Å²) in [4.78, 5) is 8.63. The highest BCUT2D eigenvalue weighted by molar-refractivity contribution is 7.99. The molecule has 3 aromatic rings. The molecule has 7 nitrogen and oxygen atoms in total. The van der Waals surface area contributed by atoms with Crippen LogP contribution < -0.4 is 0 Å². The molecule has 0 spiro atoms. The van der Waals surface area contributed by atoms with Gasteiger partial charge in [0.25, 0.3) is 0 Å². The molecule has 0 aliphatic carbocycles. The number of thioether (sulfide) groups is 1.